The minimum absolute atomic E-state index is 0.190. The van der Waals surface area contributed by atoms with Gasteiger partial charge in [0.05, 0.1) is 4.99 Å². The maximum Gasteiger partial charge on any atom is 0.0768 e. The average molecular weight is 118 g/mol. The van der Waals surface area contributed by atoms with Crippen molar-refractivity contribution in [3.8, 4) is 0 Å². The van der Waals surface area contributed by atoms with E-state index in [2.05, 4.69) is 12.2 Å². The molecule has 0 aliphatic heterocycles. The third kappa shape index (κ3) is 2.53. The molecule has 0 saturated heterocycles. The Morgan fingerprint density at radius 2 is 2.29 bits per heavy atom. The molecule has 0 heterocycles. The average Bonchev–Trinajstić information content (AvgIpc) is 1.65. The summed E-state index contributed by atoms with van der Waals surface area (Å²) in [7, 11) is 0. The molecule has 0 aromatic heterocycles. The molecule has 7 heavy (non-hydrogen) atoms. The Bertz CT molecular complexity index is 72.1. The standard InChI is InChI=1S/C4H10N2S/c1-3(2-5)4(6)7/h3H,2,5H2,1H3,(H2,6,7). The summed E-state index contributed by atoms with van der Waals surface area (Å²) in [4.78, 5) is 0.502. The molecular weight excluding hydrogens is 108 g/mol. The lowest BCUT2D eigenvalue weighted by Gasteiger charge is -2.01. The van der Waals surface area contributed by atoms with Crippen LogP contribution in [0, 0.1) is 5.92 Å². The van der Waals surface area contributed by atoms with Crippen LogP contribution in [0.15, 0.2) is 0 Å². The van der Waals surface area contributed by atoms with Crippen LogP contribution >= 0.6 is 12.2 Å². The number of rotatable bonds is 2. The third-order valence-corrected chi connectivity index (χ3v) is 1.24. The normalized spacial score (nSPS) is 13.4. The molecular formula is C4H10N2S. The van der Waals surface area contributed by atoms with Crippen molar-refractivity contribution >= 4 is 17.2 Å². The number of nitrogens with two attached hydrogens (primary N) is 2. The topological polar surface area (TPSA) is 52.0 Å². The van der Waals surface area contributed by atoms with E-state index in [0.717, 1.165) is 0 Å². The summed E-state index contributed by atoms with van der Waals surface area (Å²) in [6, 6.07) is 0. The highest BCUT2D eigenvalue weighted by Crippen LogP contribution is 1.88. The molecule has 0 aliphatic rings. The molecule has 0 rings (SSSR count). The molecule has 0 aliphatic carbocycles. The van der Waals surface area contributed by atoms with Crippen LogP contribution in [-0.2, 0) is 0 Å². The van der Waals surface area contributed by atoms with E-state index in [0.29, 0.717) is 11.5 Å². The molecule has 2 nitrogen and oxygen atoms in total. The Morgan fingerprint density at radius 3 is 2.29 bits per heavy atom. The first-order chi connectivity index (χ1) is 3.18. The lowest BCUT2D eigenvalue weighted by Crippen LogP contribution is -2.25. The van der Waals surface area contributed by atoms with Crippen LogP contribution in [0.1, 0.15) is 6.92 Å². The summed E-state index contributed by atoms with van der Waals surface area (Å²) >= 11 is 4.62. The Hall–Kier alpha value is -0.150. The second-order valence-electron chi connectivity index (χ2n) is 1.54. The molecule has 0 spiro atoms. The Labute approximate surface area is 48.9 Å². The molecule has 1 unspecified atom stereocenters. The van der Waals surface area contributed by atoms with Crippen molar-refractivity contribution in [1.29, 1.82) is 0 Å². The predicted octanol–water partition coefficient (Wildman–Crippen LogP) is -0.133. The van der Waals surface area contributed by atoms with Gasteiger partial charge < -0.3 is 11.5 Å². The van der Waals surface area contributed by atoms with Gasteiger partial charge in [0.25, 0.3) is 0 Å². The van der Waals surface area contributed by atoms with Crippen LogP contribution < -0.4 is 11.5 Å². The van der Waals surface area contributed by atoms with Crippen LogP contribution in [0.3, 0.4) is 0 Å². The van der Waals surface area contributed by atoms with Gasteiger partial charge in [0, 0.05) is 12.5 Å². The van der Waals surface area contributed by atoms with Gasteiger partial charge in [0.2, 0.25) is 0 Å². The third-order valence-electron chi connectivity index (χ3n) is 0.839. The van der Waals surface area contributed by atoms with Crippen molar-refractivity contribution in [1.82, 2.24) is 0 Å². The maximum atomic E-state index is 5.21. The minimum atomic E-state index is 0.190. The summed E-state index contributed by atoms with van der Waals surface area (Å²) in [5.41, 5.74) is 10.4. The van der Waals surface area contributed by atoms with Gasteiger partial charge in [0.1, 0.15) is 0 Å². The number of hydrogen-bond acceptors (Lipinski definition) is 2. The smallest absolute Gasteiger partial charge is 0.0768 e. The van der Waals surface area contributed by atoms with Crippen LogP contribution in [0.4, 0.5) is 0 Å². The molecule has 42 valence electrons. The van der Waals surface area contributed by atoms with Crippen molar-refractivity contribution in [3.05, 3.63) is 0 Å². The van der Waals surface area contributed by atoms with Crippen molar-refractivity contribution in [2.75, 3.05) is 6.54 Å². The van der Waals surface area contributed by atoms with Gasteiger partial charge in [-0.3, -0.25) is 0 Å². The fourth-order valence-electron chi connectivity index (χ4n) is 0.116. The maximum absolute atomic E-state index is 5.21. The van der Waals surface area contributed by atoms with Crippen molar-refractivity contribution in [3.63, 3.8) is 0 Å². The van der Waals surface area contributed by atoms with Crippen LogP contribution in [-0.4, -0.2) is 11.5 Å². The van der Waals surface area contributed by atoms with Gasteiger partial charge in [-0.2, -0.15) is 0 Å². The lowest BCUT2D eigenvalue weighted by atomic mass is 10.2. The first-order valence-electron chi connectivity index (χ1n) is 2.18. The second-order valence-corrected chi connectivity index (χ2v) is 2.01. The van der Waals surface area contributed by atoms with Gasteiger partial charge in [-0.05, 0) is 0 Å². The van der Waals surface area contributed by atoms with Gasteiger partial charge in [-0.1, -0.05) is 19.1 Å². The Morgan fingerprint density at radius 1 is 1.86 bits per heavy atom. The summed E-state index contributed by atoms with van der Waals surface area (Å²) in [6.07, 6.45) is 0. The molecule has 0 amide bonds. The van der Waals surface area contributed by atoms with E-state index < -0.39 is 0 Å². The fraction of sp³-hybridized carbons (Fsp3) is 0.750. The number of thiocarbonyl (C=S) groups is 1. The zero-order valence-electron chi connectivity index (χ0n) is 4.35. The first-order valence-corrected chi connectivity index (χ1v) is 2.58. The quantitative estimate of drug-likeness (QED) is 0.496. The van der Waals surface area contributed by atoms with E-state index in [1.165, 1.54) is 0 Å². The van der Waals surface area contributed by atoms with E-state index in [1.54, 1.807) is 0 Å². The highest BCUT2D eigenvalue weighted by molar-refractivity contribution is 7.80. The second kappa shape index (κ2) is 2.93. The lowest BCUT2D eigenvalue weighted by molar-refractivity contribution is 0.787. The Balaban J connectivity index is 3.34. The van der Waals surface area contributed by atoms with Crippen molar-refractivity contribution in [2.45, 2.75) is 6.92 Å². The molecule has 0 aromatic carbocycles. The Kier molecular flexibility index (Phi) is 2.87. The molecule has 0 bridgehead atoms. The zero-order valence-corrected chi connectivity index (χ0v) is 5.16. The monoisotopic (exact) mass is 118 g/mol. The molecule has 0 aromatic rings. The predicted molar refractivity (Wildman–Crippen MR) is 35.0 cm³/mol. The van der Waals surface area contributed by atoms with Crippen LogP contribution in [0.5, 0.6) is 0 Å². The zero-order chi connectivity index (χ0) is 5.86. The van der Waals surface area contributed by atoms with Gasteiger partial charge in [-0.15, -0.1) is 0 Å². The summed E-state index contributed by atoms with van der Waals surface area (Å²) in [5, 5.41) is 0. The molecule has 0 fully saturated rings. The van der Waals surface area contributed by atoms with E-state index in [1.807, 2.05) is 6.92 Å². The van der Waals surface area contributed by atoms with E-state index in [9.17, 15) is 0 Å². The minimum Gasteiger partial charge on any atom is -0.393 e. The molecule has 3 heteroatoms. The van der Waals surface area contributed by atoms with E-state index in [-0.39, 0.29) is 5.92 Å². The molecule has 0 radical (unpaired) electrons. The first kappa shape index (κ1) is 6.85. The summed E-state index contributed by atoms with van der Waals surface area (Å²) in [5.74, 6) is 0.190. The summed E-state index contributed by atoms with van der Waals surface area (Å²) in [6.45, 7) is 2.46. The number of hydrogen-bond donors (Lipinski definition) is 2. The van der Waals surface area contributed by atoms with E-state index in [4.69, 9.17) is 11.5 Å². The SMILES string of the molecule is CC(CN)C(N)=S. The highest BCUT2D eigenvalue weighted by atomic mass is 32.1. The fourth-order valence-corrected chi connectivity index (χ4v) is 0.212. The van der Waals surface area contributed by atoms with Crippen molar-refractivity contribution < 1.29 is 0 Å². The largest absolute Gasteiger partial charge is 0.393 e. The van der Waals surface area contributed by atoms with Crippen LogP contribution in [0.25, 0.3) is 0 Å². The molecule has 0 saturated carbocycles. The van der Waals surface area contributed by atoms with Gasteiger partial charge in [0.15, 0.2) is 0 Å². The van der Waals surface area contributed by atoms with Gasteiger partial charge >= 0.3 is 0 Å². The molecule has 1 atom stereocenters. The summed E-state index contributed by atoms with van der Waals surface area (Å²) < 4.78 is 0. The highest BCUT2D eigenvalue weighted by Gasteiger charge is 1.98. The van der Waals surface area contributed by atoms with Crippen LogP contribution in [0.2, 0.25) is 0 Å². The van der Waals surface area contributed by atoms with E-state index >= 15 is 0 Å². The van der Waals surface area contributed by atoms with Crippen molar-refractivity contribution in [2.24, 2.45) is 17.4 Å². The van der Waals surface area contributed by atoms with Gasteiger partial charge in [-0.25, -0.2) is 0 Å². The molecule has 4 N–H and O–H groups in total.